The van der Waals surface area contributed by atoms with Gasteiger partial charge in [0.25, 0.3) is 0 Å². The summed E-state index contributed by atoms with van der Waals surface area (Å²) in [5.74, 6) is 0.489. The van der Waals surface area contributed by atoms with Crippen molar-refractivity contribution in [2.45, 2.75) is 31.9 Å². The van der Waals surface area contributed by atoms with Gasteiger partial charge in [-0.15, -0.1) is 24.0 Å². The van der Waals surface area contributed by atoms with Crippen LogP contribution in [-0.4, -0.2) is 53.0 Å². The van der Waals surface area contributed by atoms with Crippen molar-refractivity contribution in [3.63, 3.8) is 0 Å². The van der Waals surface area contributed by atoms with E-state index in [2.05, 4.69) is 20.3 Å². The Morgan fingerprint density at radius 3 is 2.74 bits per heavy atom. The van der Waals surface area contributed by atoms with Gasteiger partial charge in [-0.25, -0.2) is 13.1 Å². The lowest BCUT2D eigenvalue weighted by Gasteiger charge is -2.22. The van der Waals surface area contributed by atoms with Crippen molar-refractivity contribution >= 4 is 51.6 Å². The number of rotatable bonds is 8. The van der Waals surface area contributed by atoms with Crippen LogP contribution in [0.15, 0.2) is 29.3 Å². The molecule has 1 aliphatic heterocycles. The van der Waals surface area contributed by atoms with Gasteiger partial charge in [-0.1, -0.05) is 29.8 Å². The van der Waals surface area contributed by atoms with Crippen molar-refractivity contribution in [3.8, 4) is 0 Å². The molecule has 0 radical (unpaired) electrons. The Hall–Kier alpha value is -0.620. The SMILES string of the molecule is CN=C(NCCS(=O)(=O)NCC1CCCCO1)NCc1ccccc1Cl.I. The lowest BCUT2D eigenvalue weighted by atomic mass is 10.1. The first-order valence-corrected chi connectivity index (χ1v) is 10.8. The van der Waals surface area contributed by atoms with Crippen LogP contribution in [0, 0.1) is 0 Å². The molecule has 0 aliphatic carbocycles. The first kappa shape index (κ1) is 24.4. The van der Waals surface area contributed by atoms with E-state index in [0.29, 0.717) is 30.7 Å². The van der Waals surface area contributed by atoms with Gasteiger partial charge in [0.15, 0.2) is 5.96 Å². The molecule has 0 aromatic heterocycles. The average Bonchev–Trinajstić information content (AvgIpc) is 2.65. The second-order valence-corrected chi connectivity index (χ2v) is 8.43. The zero-order valence-corrected chi connectivity index (χ0v) is 19.3. The Bertz CT molecular complexity index is 697. The molecular weight excluding hydrogens is 503 g/mol. The van der Waals surface area contributed by atoms with Crippen LogP contribution in [0.3, 0.4) is 0 Å². The number of hydrogen-bond donors (Lipinski definition) is 3. The zero-order valence-electron chi connectivity index (χ0n) is 15.4. The molecule has 1 fully saturated rings. The average molecular weight is 531 g/mol. The van der Waals surface area contributed by atoms with E-state index in [1.807, 2.05) is 24.3 Å². The van der Waals surface area contributed by atoms with Crippen molar-refractivity contribution in [2.75, 3.05) is 32.5 Å². The summed E-state index contributed by atoms with van der Waals surface area (Å²) in [6.45, 7) is 1.80. The second-order valence-electron chi connectivity index (χ2n) is 6.10. The molecule has 1 aromatic rings. The molecule has 1 unspecified atom stereocenters. The van der Waals surface area contributed by atoms with Crippen molar-refractivity contribution < 1.29 is 13.2 Å². The van der Waals surface area contributed by atoms with Gasteiger partial charge in [-0.2, -0.15) is 0 Å². The number of guanidine groups is 1. The largest absolute Gasteiger partial charge is 0.377 e. The van der Waals surface area contributed by atoms with Gasteiger partial charge in [0.2, 0.25) is 10.0 Å². The zero-order chi connectivity index (χ0) is 18.8. The fraction of sp³-hybridized carbons (Fsp3) is 0.588. The van der Waals surface area contributed by atoms with Crippen LogP contribution in [0.2, 0.25) is 5.02 Å². The summed E-state index contributed by atoms with van der Waals surface area (Å²) in [5.41, 5.74) is 0.943. The maximum atomic E-state index is 12.1. The monoisotopic (exact) mass is 530 g/mol. The van der Waals surface area contributed by atoms with E-state index in [1.54, 1.807) is 7.05 Å². The summed E-state index contributed by atoms with van der Waals surface area (Å²) in [5, 5.41) is 6.79. The van der Waals surface area contributed by atoms with E-state index in [1.165, 1.54) is 0 Å². The first-order valence-electron chi connectivity index (χ1n) is 8.77. The quantitative estimate of drug-likeness (QED) is 0.272. The van der Waals surface area contributed by atoms with E-state index in [-0.39, 0.29) is 42.4 Å². The van der Waals surface area contributed by atoms with Crippen LogP contribution in [0.1, 0.15) is 24.8 Å². The molecule has 1 atom stereocenters. The standard InChI is InChI=1S/C17H27ClN4O3S.HI/c1-19-17(21-12-14-6-2-3-8-16(14)18)20-9-11-26(23,24)22-13-15-7-4-5-10-25-15;/h2-3,6,8,15,22H,4-5,7,9-13H2,1H3,(H2,19,20,21);1H. The third-order valence-corrected chi connectivity index (χ3v) is 5.81. The van der Waals surface area contributed by atoms with Crippen molar-refractivity contribution in [1.29, 1.82) is 0 Å². The third-order valence-electron chi connectivity index (χ3n) is 4.10. The first-order chi connectivity index (χ1) is 12.5. The molecule has 1 saturated heterocycles. The van der Waals surface area contributed by atoms with Crippen LogP contribution < -0.4 is 15.4 Å². The van der Waals surface area contributed by atoms with Gasteiger partial charge in [0, 0.05) is 38.3 Å². The molecule has 1 heterocycles. The number of halogens is 2. The molecule has 0 bridgehead atoms. The molecule has 0 saturated carbocycles. The lowest BCUT2D eigenvalue weighted by molar-refractivity contribution is 0.0200. The maximum Gasteiger partial charge on any atom is 0.213 e. The Balaban J connectivity index is 0.00000364. The van der Waals surface area contributed by atoms with Gasteiger partial charge in [0.05, 0.1) is 11.9 Å². The summed E-state index contributed by atoms with van der Waals surface area (Å²) in [6, 6.07) is 7.52. The summed E-state index contributed by atoms with van der Waals surface area (Å²) in [4.78, 5) is 4.09. The molecule has 27 heavy (non-hydrogen) atoms. The molecule has 0 spiro atoms. The third kappa shape index (κ3) is 9.42. The van der Waals surface area contributed by atoms with Gasteiger partial charge in [0.1, 0.15) is 0 Å². The normalized spacial score (nSPS) is 17.9. The minimum Gasteiger partial charge on any atom is -0.377 e. The van der Waals surface area contributed by atoms with Crippen LogP contribution >= 0.6 is 35.6 Å². The lowest BCUT2D eigenvalue weighted by Crippen LogP contribution is -2.42. The predicted molar refractivity (Wildman–Crippen MR) is 120 cm³/mol. The number of hydrogen-bond acceptors (Lipinski definition) is 4. The van der Waals surface area contributed by atoms with Gasteiger partial charge in [-0.3, -0.25) is 4.99 Å². The van der Waals surface area contributed by atoms with E-state index < -0.39 is 10.0 Å². The molecule has 1 aliphatic rings. The summed E-state index contributed by atoms with van der Waals surface area (Å²) in [7, 11) is -1.72. The second kappa shape index (κ2) is 12.8. The number of benzene rings is 1. The smallest absolute Gasteiger partial charge is 0.213 e. The molecule has 7 nitrogen and oxygen atoms in total. The molecule has 10 heteroatoms. The Morgan fingerprint density at radius 1 is 1.30 bits per heavy atom. The maximum absolute atomic E-state index is 12.1. The number of aliphatic imine (C=N–C) groups is 1. The summed E-state index contributed by atoms with van der Waals surface area (Å²) in [6.07, 6.45) is 3.02. The Morgan fingerprint density at radius 2 is 2.07 bits per heavy atom. The fourth-order valence-electron chi connectivity index (χ4n) is 2.61. The number of nitrogens with one attached hydrogen (secondary N) is 3. The highest BCUT2D eigenvalue weighted by atomic mass is 127. The molecule has 0 amide bonds. The molecular formula is C17H28ClIN4O3S. The Labute approximate surface area is 183 Å². The number of nitrogens with zero attached hydrogens (tertiary/aromatic N) is 1. The van der Waals surface area contributed by atoms with Gasteiger partial charge in [-0.05, 0) is 30.9 Å². The summed E-state index contributed by atoms with van der Waals surface area (Å²) >= 11 is 6.12. The predicted octanol–water partition coefficient (Wildman–Crippen LogP) is 2.11. The van der Waals surface area contributed by atoms with E-state index in [4.69, 9.17) is 16.3 Å². The van der Waals surface area contributed by atoms with Crippen LogP contribution in [0.25, 0.3) is 0 Å². The van der Waals surface area contributed by atoms with Crippen molar-refractivity contribution in [1.82, 2.24) is 15.4 Å². The van der Waals surface area contributed by atoms with Crippen molar-refractivity contribution in [2.24, 2.45) is 4.99 Å². The fourth-order valence-corrected chi connectivity index (χ4v) is 3.76. The van der Waals surface area contributed by atoms with Crippen molar-refractivity contribution in [3.05, 3.63) is 34.9 Å². The number of ether oxygens (including phenoxy) is 1. The minimum absolute atomic E-state index is 0. The van der Waals surface area contributed by atoms with E-state index in [0.717, 1.165) is 24.8 Å². The Kier molecular flexibility index (Phi) is 11.5. The molecule has 2 rings (SSSR count). The highest BCUT2D eigenvalue weighted by molar-refractivity contribution is 14.0. The highest BCUT2D eigenvalue weighted by Crippen LogP contribution is 2.14. The van der Waals surface area contributed by atoms with Crippen LogP contribution in [-0.2, 0) is 21.3 Å². The van der Waals surface area contributed by atoms with Crippen LogP contribution in [0.4, 0.5) is 0 Å². The van der Waals surface area contributed by atoms with Gasteiger partial charge < -0.3 is 15.4 Å². The molecule has 1 aromatic carbocycles. The van der Waals surface area contributed by atoms with E-state index in [9.17, 15) is 8.42 Å². The number of sulfonamides is 1. The van der Waals surface area contributed by atoms with Crippen LogP contribution in [0.5, 0.6) is 0 Å². The molecule has 154 valence electrons. The molecule has 3 N–H and O–H groups in total. The minimum atomic E-state index is -3.36. The topological polar surface area (TPSA) is 91.8 Å². The van der Waals surface area contributed by atoms with Gasteiger partial charge >= 0.3 is 0 Å². The highest BCUT2D eigenvalue weighted by Gasteiger charge is 2.17. The summed E-state index contributed by atoms with van der Waals surface area (Å²) < 4.78 is 32.3. The van der Waals surface area contributed by atoms with E-state index >= 15 is 0 Å².